The monoisotopic (exact) mass is 368 g/mol. The second kappa shape index (κ2) is 7.88. The first-order chi connectivity index (χ1) is 13.7. The standard InChI is InChI=1S/C23H20N4O/c1-17(18-9-12-21(13-10-18)27-16-24-15-25-27)26-23(28)14-11-20-7-4-6-19-5-2-3-8-22(19)20/h2-17H,1H3,(H,26,28)/b14-11+. The van der Waals surface area contributed by atoms with Crippen molar-refractivity contribution in [3.63, 3.8) is 0 Å². The van der Waals surface area contributed by atoms with Crippen molar-refractivity contribution >= 4 is 22.8 Å². The van der Waals surface area contributed by atoms with Gasteiger partial charge in [0.05, 0.1) is 11.7 Å². The van der Waals surface area contributed by atoms with Crippen LogP contribution in [-0.2, 0) is 4.79 Å². The zero-order chi connectivity index (χ0) is 19.3. The fourth-order valence-corrected chi connectivity index (χ4v) is 3.16. The van der Waals surface area contributed by atoms with E-state index in [-0.39, 0.29) is 11.9 Å². The number of nitrogens with one attached hydrogen (secondary N) is 1. The highest BCUT2D eigenvalue weighted by atomic mass is 16.1. The Morgan fingerprint density at radius 3 is 2.61 bits per heavy atom. The number of hydrogen-bond donors (Lipinski definition) is 1. The van der Waals surface area contributed by atoms with Gasteiger partial charge in [0, 0.05) is 6.08 Å². The molecule has 0 fully saturated rings. The summed E-state index contributed by atoms with van der Waals surface area (Å²) in [6.45, 7) is 1.97. The lowest BCUT2D eigenvalue weighted by Crippen LogP contribution is -2.24. The van der Waals surface area contributed by atoms with Gasteiger partial charge in [0.25, 0.3) is 0 Å². The number of nitrogens with zero attached hydrogens (tertiary/aromatic N) is 3. The molecule has 1 aromatic heterocycles. The Morgan fingerprint density at radius 2 is 1.82 bits per heavy atom. The van der Waals surface area contributed by atoms with Gasteiger partial charge in [-0.05, 0) is 47.0 Å². The van der Waals surface area contributed by atoms with Crippen LogP contribution in [0.2, 0.25) is 0 Å². The fourth-order valence-electron chi connectivity index (χ4n) is 3.16. The van der Waals surface area contributed by atoms with Crippen molar-refractivity contribution in [2.75, 3.05) is 0 Å². The lowest BCUT2D eigenvalue weighted by molar-refractivity contribution is -0.117. The smallest absolute Gasteiger partial charge is 0.244 e. The summed E-state index contributed by atoms with van der Waals surface area (Å²) in [7, 11) is 0. The van der Waals surface area contributed by atoms with Crippen LogP contribution in [0.4, 0.5) is 0 Å². The van der Waals surface area contributed by atoms with Crippen molar-refractivity contribution in [1.82, 2.24) is 20.1 Å². The van der Waals surface area contributed by atoms with Gasteiger partial charge in [-0.3, -0.25) is 4.79 Å². The maximum atomic E-state index is 12.4. The molecule has 0 aliphatic heterocycles. The van der Waals surface area contributed by atoms with Crippen LogP contribution in [-0.4, -0.2) is 20.7 Å². The lowest BCUT2D eigenvalue weighted by Gasteiger charge is -2.13. The molecule has 5 heteroatoms. The van der Waals surface area contributed by atoms with Crippen LogP contribution < -0.4 is 5.32 Å². The fraction of sp³-hybridized carbons (Fsp3) is 0.0870. The molecule has 0 spiro atoms. The normalized spacial score (nSPS) is 12.3. The Balaban J connectivity index is 1.43. The number of amides is 1. The Labute approximate surface area is 163 Å². The average molecular weight is 368 g/mol. The Hall–Kier alpha value is -3.73. The summed E-state index contributed by atoms with van der Waals surface area (Å²) in [4.78, 5) is 16.3. The highest BCUT2D eigenvalue weighted by molar-refractivity contribution is 5.96. The number of aromatic nitrogens is 3. The minimum Gasteiger partial charge on any atom is -0.346 e. The summed E-state index contributed by atoms with van der Waals surface area (Å²) in [5, 5.41) is 9.41. The second-order valence-electron chi connectivity index (χ2n) is 6.56. The van der Waals surface area contributed by atoms with E-state index >= 15 is 0 Å². The molecule has 0 aliphatic carbocycles. The molecule has 0 aliphatic rings. The van der Waals surface area contributed by atoms with Crippen LogP contribution in [0.1, 0.15) is 24.1 Å². The number of carbonyl (C=O) groups excluding carboxylic acids is 1. The van der Waals surface area contributed by atoms with Crippen LogP contribution in [0.5, 0.6) is 0 Å². The van der Waals surface area contributed by atoms with E-state index in [0.717, 1.165) is 27.6 Å². The van der Waals surface area contributed by atoms with E-state index in [1.54, 1.807) is 17.1 Å². The predicted octanol–water partition coefficient (Wildman–Crippen LogP) is 4.31. The molecular weight excluding hydrogens is 348 g/mol. The molecule has 0 radical (unpaired) electrons. The highest BCUT2D eigenvalue weighted by Crippen LogP contribution is 2.20. The molecule has 4 rings (SSSR count). The average Bonchev–Trinajstić information content (AvgIpc) is 3.27. The van der Waals surface area contributed by atoms with Crippen molar-refractivity contribution in [2.24, 2.45) is 0 Å². The van der Waals surface area contributed by atoms with E-state index in [9.17, 15) is 4.79 Å². The molecule has 1 amide bonds. The van der Waals surface area contributed by atoms with Crippen molar-refractivity contribution in [3.8, 4) is 5.69 Å². The topological polar surface area (TPSA) is 59.8 Å². The molecule has 1 unspecified atom stereocenters. The van der Waals surface area contributed by atoms with Gasteiger partial charge in [-0.2, -0.15) is 5.10 Å². The highest BCUT2D eigenvalue weighted by Gasteiger charge is 2.08. The Kier molecular flexibility index (Phi) is 4.97. The Bertz CT molecular complexity index is 1110. The zero-order valence-corrected chi connectivity index (χ0v) is 15.5. The van der Waals surface area contributed by atoms with E-state index in [0.29, 0.717) is 0 Å². The van der Waals surface area contributed by atoms with Gasteiger partial charge >= 0.3 is 0 Å². The minimum atomic E-state index is -0.124. The molecule has 0 saturated heterocycles. The minimum absolute atomic E-state index is 0.102. The first-order valence-electron chi connectivity index (χ1n) is 9.12. The first kappa shape index (κ1) is 17.7. The summed E-state index contributed by atoms with van der Waals surface area (Å²) in [5.41, 5.74) is 2.98. The molecule has 4 aromatic rings. The number of benzene rings is 3. The van der Waals surface area contributed by atoms with Crippen LogP contribution in [0.25, 0.3) is 22.5 Å². The SMILES string of the molecule is CC(NC(=O)/C=C/c1cccc2ccccc12)c1ccc(-n2cncn2)cc1. The molecule has 28 heavy (non-hydrogen) atoms. The van der Waals surface area contributed by atoms with Gasteiger partial charge in [-0.15, -0.1) is 0 Å². The van der Waals surface area contributed by atoms with Gasteiger partial charge in [-0.25, -0.2) is 9.67 Å². The zero-order valence-electron chi connectivity index (χ0n) is 15.5. The third kappa shape index (κ3) is 3.83. The maximum Gasteiger partial charge on any atom is 0.244 e. The first-order valence-corrected chi connectivity index (χ1v) is 9.12. The molecule has 0 bridgehead atoms. The Morgan fingerprint density at radius 1 is 1.04 bits per heavy atom. The summed E-state index contributed by atoms with van der Waals surface area (Å²) >= 11 is 0. The third-order valence-corrected chi connectivity index (χ3v) is 4.67. The maximum absolute atomic E-state index is 12.4. The number of rotatable bonds is 5. The number of carbonyl (C=O) groups is 1. The summed E-state index contributed by atoms with van der Waals surface area (Å²) < 4.78 is 1.69. The molecule has 1 N–H and O–H groups in total. The summed E-state index contributed by atoms with van der Waals surface area (Å²) in [6.07, 6.45) is 6.59. The largest absolute Gasteiger partial charge is 0.346 e. The van der Waals surface area contributed by atoms with Crippen LogP contribution in [0.3, 0.4) is 0 Å². The molecular formula is C23H20N4O. The van der Waals surface area contributed by atoms with Crippen molar-refractivity contribution in [3.05, 3.63) is 96.6 Å². The van der Waals surface area contributed by atoms with Gasteiger partial charge in [0.15, 0.2) is 0 Å². The van der Waals surface area contributed by atoms with E-state index < -0.39 is 0 Å². The van der Waals surface area contributed by atoms with E-state index in [4.69, 9.17) is 0 Å². The van der Waals surface area contributed by atoms with Gasteiger partial charge in [0.2, 0.25) is 5.91 Å². The van der Waals surface area contributed by atoms with Crippen molar-refractivity contribution < 1.29 is 4.79 Å². The van der Waals surface area contributed by atoms with E-state index in [1.165, 1.54) is 6.33 Å². The van der Waals surface area contributed by atoms with Gasteiger partial charge in [-0.1, -0.05) is 54.6 Å². The molecule has 1 atom stereocenters. The molecule has 1 heterocycles. The number of hydrogen-bond acceptors (Lipinski definition) is 3. The van der Waals surface area contributed by atoms with Gasteiger partial charge in [0.1, 0.15) is 12.7 Å². The van der Waals surface area contributed by atoms with Crippen molar-refractivity contribution in [1.29, 1.82) is 0 Å². The molecule has 0 saturated carbocycles. The quantitative estimate of drug-likeness (QED) is 0.534. The van der Waals surface area contributed by atoms with E-state index in [2.05, 4.69) is 33.6 Å². The summed E-state index contributed by atoms with van der Waals surface area (Å²) in [6, 6.07) is 22.0. The van der Waals surface area contributed by atoms with Gasteiger partial charge < -0.3 is 5.32 Å². The molecule has 3 aromatic carbocycles. The third-order valence-electron chi connectivity index (χ3n) is 4.67. The van der Waals surface area contributed by atoms with Crippen LogP contribution in [0.15, 0.2) is 85.5 Å². The summed E-state index contributed by atoms with van der Waals surface area (Å²) in [5.74, 6) is -0.124. The van der Waals surface area contributed by atoms with Crippen LogP contribution in [0, 0.1) is 0 Å². The van der Waals surface area contributed by atoms with Crippen molar-refractivity contribution in [2.45, 2.75) is 13.0 Å². The molecule has 5 nitrogen and oxygen atoms in total. The predicted molar refractivity (Wildman–Crippen MR) is 111 cm³/mol. The second-order valence-corrected chi connectivity index (χ2v) is 6.56. The van der Waals surface area contributed by atoms with E-state index in [1.807, 2.05) is 61.5 Å². The van der Waals surface area contributed by atoms with Crippen LogP contribution >= 0.6 is 0 Å². The molecule has 138 valence electrons. The number of fused-ring (bicyclic) bond motifs is 1. The lowest BCUT2D eigenvalue weighted by atomic mass is 10.0.